The third kappa shape index (κ3) is 1.83. The Morgan fingerprint density at radius 1 is 1.21 bits per heavy atom. The summed E-state index contributed by atoms with van der Waals surface area (Å²) in [6.07, 6.45) is 0. The molecule has 0 aromatic carbocycles. The highest BCUT2D eigenvalue weighted by Crippen LogP contribution is 2.15. The lowest BCUT2D eigenvalue weighted by molar-refractivity contribution is 0.346. The standard InChI is InChI=1S/C9H17BN2O2/c1-6-8(10(13)14)7(2)12(11-6)9(3,4)5/h13-14H,1-5H3. The third-order valence-corrected chi connectivity index (χ3v) is 2.24. The van der Waals surface area contributed by atoms with Gasteiger partial charge in [-0.2, -0.15) is 5.10 Å². The van der Waals surface area contributed by atoms with Gasteiger partial charge in [0.15, 0.2) is 0 Å². The number of aromatic nitrogens is 2. The Bertz CT molecular complexity index is 339. The van der Waals surface area contributed by atoms with Crippen molar-refractivity contribution in [1.82, 2.24) is 9.78 Å². The lowest BCUT2D eigenvalue weighted by Gasteiger charge is -2.21. The Morgan fingerprint density at radius 3 is 1.93 bits per heavy atom. The van der Waals surface area contributed by atoms with Crippen LogP contribution in [0.5, 0.6) is 0 Å². The molecular formula is C9H17BN2O2. The second kappa shape index (κ2) is 3.40. The van der Waals surface area contributed by atoms with Gasteiger partial charge in [0.25, 0.3) is 0 Å². The molecular weight excluding hydrogens is 179 g/mol. The molecule has 4 nitrogen and oxygen atoms in total. The normalized spacial score (nSPS) is 11.9. The molecule has 2 N–H and O–H groups in total. The van der Waals surface area contributed by atoms with E-state index in [9.17, 15) is 0 Å². The maximum atomic E-state index is 9.17. The predicted molar refractivity (Wildman–Crippen MR) is 56.5 cm³/mol. The van der Waals surface area contributed by atoms with Crippen molar-refractivity contribution >= 4 is 12.6 Å². The van der Waals surface area contributed by atoms with Crippen LogP contribution in [0.4, 0.5) is 0 Å². The zero-order valence-electron chi connectivity index (χ0n) is 9.37. The van der Waals surface area contributed by atoms with E-state index in [1.54, 1.807) is 6.92 Å². The molecule has 0 spiro atoms. The van der Waals surface area contributed by atoms with Crippen molar-refractivity contribution < 1.29 is 10.0 Å². The van der Waals surface area contributed by atoms with E-state index >= 15 is 0 Å². The van der Waals surface area contributed by atoms with E-state index in [4.69, 9.17) is 10.0 Å². The Balaban J connectivity index is 3.31. The van der Waals surface area contributed by atoms with E-state index in [0.29, 0.717) is 11.2 Å². The van der Waals surface area contributed by atoms with Crippen LogP contribution in [-0.4, -0.2) is 26.9 Å². The lowest BCUT2D eigenvalue weighted by Crippen LogP contribution is -2.34. The van der Waals surface area contributed by atoms with Crippen molar-refractivity contribution in [3.05, 3.63) is 11.4 Å². The van der Waals surface area contributed by atoms with E-state index < -0.39 is 7.12 Å². The van der Waals surface area contributed by atoms with Crippen LogP contribution in [0.1, 0.15) is 32.2 Å². The number of nitrogens with zero attached hydrogens (tertiary/aromatic N) is 2. The summed E-state index contributed by atoms with van der Waals surface area (Å²) in [5.41, 5.74) is 1.86. The molecule has 0 bridgehead atoms. The fourth-order valence-corrected chi connectivity index (χ4v) is 1.68. The van der Waals surface area contributed by atoms with Crippen LogP contribution in [0, 0.1) is 13.8 Å². The van der Waals surface area contributed by atoms with Crippen LogP contribution in [-0.2, 0) is 5.54 Å². The molecule has 0 atom stereocenters. The van der Waals surface area contributed by atoms with Gasteiger partial charge in [0, 0.05) is 11.2 Å². The van der Waals surface area contributed by atoms with Crippen LogP contribution < -0.4 is 5.46 Å². The SMILES string of the molecule is Cc1nn(C(C)(C)C)c(C)c1B(O)O. The molecule has 78 valence electrons. The average molecular weight is 196 g/mol. The largest absolute Gasteiger partial charge is 0.492 e. The van der Waals surface area contributed by atoms with Crippen molar-refractivity contribution in [2.75, 3.05) is 0 Å². The smallest absolute Gasteiger partial charge is 0.423 e. The molecule has 0 aliphatic heterocycles. The fourth-order valence-electron chi connectivity index (χ4n) is 1.68. The van der Waals surface area contributed by atoms with Gasteiger partial charge < -0.3 is 10.0 Å². The van der Waals surface area contributed by atoms with Gasteiger partial charge in [-0.15, -0.1) is 0 Å². The number of hydrogen-bond acceptors (Lipinski definition) is 3. The van der Waals surface area contributed by atoms with E-state index in [0.717, 1.165) is 5.69 Å². The van der Waals surface area contributed by atoms with E-state index in [2.05, 4.69) is 5.10 Å². The van der Waals surface area contributed by atoms with Gasteiger partial charge in [-0.1, -0.05) is 0 Å². The van der Waals surface area contributed by atoms with Gasteiger partial charge in [0.1, 0.15) is 0 Å². The summed E-state index contributed by atoms with van der Waals surface area (Å²) in [6, 6.07) is 0. The first-order valence-corrected chi connectivity index (χ1v) is 4.68. The van der Waals surface area contributed by atoms with Crippen molar-refractivity contribution in [2.24, 2.45) is 0 Å². The summed E-state index contributed by atoms with van der Waals surface area (Å²) >= 11 is 0. The Hall–Kier alpha value is -0.805. The maximum Gasteiger partial charge on any atom is 0.492 e. The highest BCUT2D eigenvalue weighted by molar-refractivity contribution is 6.59. The quantitative estimate of drug-likeness (QED) is 0.618. The molecule has 0 aliphatic rings. The molecule has 0 radical (unpaired) electrons. The molecule has 1 aromatic heterocycles. The van der Waals surface area contributed by atoms with E-state index in [1.807, 2.05) is 32.4 Å². The van der Waals surface area contributed by atoms with Crippen LogP contribution in [0.3, 0.4) is 0 Å². The van der Waals surface area contributed by atoms with Crippen molar-refractivity contribution in [3.8, 4) is 0 Å². The summed E-state index contributed by atoms with van der Waals surface area (Å²) in [6.45, 7) is 9.71. The van der Waals surface area contributed by atoms with Crippen molar-refractivity contribution in [1.29, 1.82) is 0 Å². The van der Waals surface area contributed by atoms with Gasteiger partial charge in [0.05, 0.1) is 11.2 Å². The maximum absolute atomic E-state index is 9.17. The summed E-state index contributed by atoms with van der Waals surface area (Å²) in [4.78, 5) is 0. The minimum absolute atomic E-state index is 0.137. The second-order valence-electron chi connectivity index (χ2n) is 4.54. The first kappa shape index (κ1) is 11.3. The predicted octanol–water partition coefficient (Wildman–Crippen LogP) is -0.0653. The molecule has 1 aromatic rings. The molecule has 1 heterocycles. The lowest BCUT2D eigenvalue weighted by atomic mass is 9.78. The van der Waals surface area contributed by atoms with Crippen molar-refractivity contribution in [2.45, 2.75) is 40.2 Å². The van der Waals surface area contributed by atoms with E-state index in [-0.39, 0.29) is 5.54 Å². The van der Waals surface area contributed by atoms with Gasteiger partial charge in [-0.25, -0.2) is 0 Å². The first-order chi connectivity index (χ1) is 6.25. The summed E-state index contributed by atoms with van der Waals surface area (Å²) < 4.78 is 1.82. The van der Waals surface area contributed by atoms with Crippen LogP contribution >= 0.6 is 0 Å². The van der Waals surface area contributed by atoms with Gasteiger partial charge in [-0.3, -0.25) is 4.68 Å². The van der Waals surface area contributed by atoms with Crippen molar-refractivity contribution in [3.63, 3.8) is 0 Å². The minimum atomic E-state index is -1.44. The molecule has 1 rings (SSSR count). The zero-order valence-corrected chi connectivity index (χ0v) is 9.37. The third-order valence-electron chi connectivity index (χ3n) is 2.24. The molecule has 14 heavy (non-hydrogen) atoms. The second-order valence-corrected chi connectivity index (χ2v) is 4.54. The number of aryl methyl sites for hydroxylation is 1. The number of rotatable bonds is 1. The Kier molecular flexibility index (Phi) is 2.74. The summed E-state index contributed by atoms with van der Waals surface area (Å²) in [7, 11) is -1.44. The van der Waals surface area contributed by atoms with Crippen LogP contribution in [0.25, 0.3) is 0 Å². The first-order valence-electron chi connectivity index (χ1n) is 4.68. The Labute approximate surface area is 84.7 Å². The van der Waals surface area contributed by atoms with Crippen LogP contribution in [0.2, 0.25) is 0 Å². The molecule has 5 heteroatoms. The van der Waals surface area contributed by atoms with Crippen LogP contribution in [0.15, 0.2) is 0 Å². The average Bonchev–Trinajstić information content (AvgIpc) is 2.24. The Morgan fingerprint density at radius 2 is 1.71 bits per heavy atom. The zero-order chi connectivity index (χ0) is 11.1. The van der Waals surface area contributed by atoms with Gasteiger partial charge >= 0.3 is 7.12 Å². The molecule has 0 saturated heterocycles. The topological polar surface area (TPSA) is 58.3 Å². The van der Waals surface area contributed by atoms with Gasteiger partial charge in [0.2, 0.25) is 0 Å². The molecule has 0 fully saturated rings. The summed E-state index contributed by atoms with van der Waals surface area (Å²) in [5, 5.41) is 22.6. The molecule has 0 saturated carbocycles. The number of hydrogen-bond donors (Lipinski definition) is 2. The summed E-state index contributed by atoms with van der Waals surface area (Å²) in [5.74, 6) is 0. The monoisotopic (exact) mass is 196 g/mol. The fraction of sp³-hybridized carbons (Fsp3) is 0.667. The van der Waals surface area contributed by atoms with E-state index in [1.165, 1.54) is 0 Å². The molecule has 0 unspecified atom stereocenters. The molecule has 0 amide bonds. The minimum Gasteiger partial charge on any atom is -0.423 e. The highest BCUT2D eigenvalue weighted by Gasteiger charge is 2.26. The molecule has 0 aliphatic carbocycles. The van der Waals surface area contributed by atoms with Gasteiger partial charge in [-0.05, 0) is 34.6 Å². The highest BCUT2D eigenvalue weighted by atomic mass is 16.4.